The summed E-state index contributed by atoms with van der Waals surface area (Å²) in [6.07, 6.45) is 3.21. The number of guanidine groups is 1. The van der Waals surface area contributed by atoms with E-state index in [1.54, 1.807) is 7.11 Å². The van der Waals surface area contributed by atoms with Gasteiger partial charge >= 0.3 is 0 Å². The Hall–Kier alpha value is -1.56. The van der Waals surface area contributed by atoms with E-state index in [2.05, 4.69) is 45.8 Å². The van der Waals surface area contributed by atoms with Crippen LogP contribution in [0.25, 0.3) is 0 Å². The van der Waals surface area contributed by atoms with Crippen LogP contribution < -0.4 is 20.3 Å². The molecule has 6 heteroatoms. The van der Waals surface area contributed by atoms with E-state index in [9.17, 15) is 0 Å². The maximum Gasteiger partial charge on any atom is 0.191 e. The summed E-state index contributed by atoms with van der Waals surface area (Å²) in [5, 5.41) is 6.89. The molecule has 1 aromatic carbocycles. The second-order valence-electron chi connectivity index (χ2n) is 5.50. The number of rotatable bonds is 7. The fourth-order valence-electron chi connectivity index (χ4n) is 2.75. The van der Waals surface area contributed by atoms with Gasteiger partial charge in [0.05, 0.1) is 19.3 Å². The van der Waals surface area contributed by atoms with E-state index in [1.807, 2.05) is 23.9 Å². The average molecular weight is 337 g/mol. The van der Waals surface area contributed by atoms with Gasteiger partial charge in [0.1, 0.15) is 5.75 Å². The van der Waals surface area contributed by atoms with Crippen LogP contribution in [0.15, 0.2) is 29.3 Å². The van der Waals surface area contributed by atoms with Crippen molar-refractivity contribution >= 4 is 23.4 Å². The Bertz CT molecular complexity index is 509. The van der Waals surface area contributed by atoms with Gasteiger partial charge in [0, 0.05) is 31.4 Å². The lowest BCUT2D eigenvalue weighted by atomic mass is 10.2. The van der Waals surface area contributed by atoms with Crippen LogP contribution in [-0.4, -0.2) is 57.3 Å². The summed E-state index contributed by atoms with van der Waals surface area (Å²) in [4.78, 5) is 7.01. The largest absolute Gasteiger partial charge is 0.495 e. The third-order valence-corrected chi connectivity index (χ3v) is 4.46. The highest BCUT2D eigenvalue weighted by molar-refractivity contribution is 7.98. The Balaban J connectivity index is 1.94. The summed E-state index contributed by atoms with van der Waals surface area (Å²) in [5.74, 6) is 2.91. The van der Waals surface area contributed by atoms with E-state index in [-0.39, 0.29) is 0 Å². The minimum absolute atomic E-state index is 0.409. The van der Waals surface area contributed by atoms with E-state index in [0.717, 1.165) is 50.1 Å². The molecule has 0 saturated carbocycles. The Labute approximate surface area is 143 Å². The maximum absolute atomic E-state index is 5.48. The van der Waals surface area contributed by atoms with Gasteiger partial charge in [-0.3, -0.25) is 4.99 Å². The summed E-state index contributed by atoms with van der Waals surface area (Å²) >= 11 is 1.82. The molecule has 0 aromatic heterocycles. The Kier molecular flexibility index (Phi) is 7.39. The van der Waals surface area contributed by atoms with Crippen molar-refractivity contribution in [2.75, 3.05) is 50.2 Å². The number of methoxy groups -OCH3 is 1. The molecule has 5 nitrogen and oxygen atoms in total. The predicted octanol–water partition coefficient (Wildman–Crippen LogP) is 2.19. The number of thioether (sulfide) groups is 1. The van der Waals surface area contributed by atoms with Crippen LogP contribution in [-0.2, 0) is 0 Å². The molecule has 1 aliphatic heterocycles. The molecular weight excluding hydrogens is 308 g/mol. The first kappa shape index (κ1) is 17.8. The zero-order chi connectivity index (χ0) is 16.5. The fourth-order valence-corrected chi connectivity index (χ4v) is 3.02. The van der Waals surface area contributed by atoms with Gasteiger partial charge in [-0.05, 0) is 31.7 Å². The molecule has 2 N–H and O–H groups in total. The molecule has 2 rings (SSSR count). The molecule has 1 unspecified atom stereocenters. The molecule has 1 saturated heterocycles. The van der Waals surface area contributed by atoms with Gasteiger partial charge in [-0.15, -0.1) is 0 Å². The summed E-state index contributed by atoms with van der Waals surface area (Å²) in [7, 11) is 1.73. The van der Waals surface area contributed by atoms with Gasteiger partial charge in [0.2, 0.25) is 0 Å². The van der Waals surface area contributed by atoms with Crippen molar-refractivity contribution in [3.8, 4) is 5.75 Å². The van der Waals surface area contributed by atoms with Crippen LogP contribution in [0, 0.1) is 0 Å². The van der Waals surface area contributed by atoms with Crippen LogP contribution in [0.5, 0.6) is 5.75 Å². The molecule has 0 spiro atoms. The van der Waals surface area contributed by atoms with Crippen molar-refractivity contribution in [3.63, 3.8) is 0 Å². The summed E-state index contributed by atoms with van der Waals surface area (Å²) in [5.41, 5.74) is 1.17. The molecular formula is C17H28N4OS. The van der Waals surface area contributed by atoms with E-state index in [0.29, 0.717) is 6.04 Å². The summed E-state index contributed by atoms with van der Waals surface area (Å²) in [6, 6.07) is 8.62. The van der Waals surface area contributed by atoms with Crippen molar-refractivity contribution in [3.05, 3.63) is 24.3 Å². The van der Waals surface area contributed by atoms with E-state index in [4.69, 9.17) is 4.74 Å². The molecule has 1 aliphatic rings. The number of nitrogens with zero attached hydrogens (tertiary/aromatic N) is 2. The van der Waals surface area contributed by atoms with Gasteiger partial charge < -0.3 is 20.3 Å². The highest BCUT2D eigenvalue weighted by atomic mass is 32.2. The summed E-state index contributed by atoms with van der Waals surface area (Å²) < 4.78 is 5.48. The Morgan fingerprint density at radius 2 is 2.26 bits per heavy atom. The molecule has 0 amide bonds. The first-order chi connectivity index (χ1) is 11.3. The third-order valence-electron chi connectivity index (χ3n) is 3.86. The lowest BCUT2D eigenvalue weighted by Crippen LogP contribution is -2.44. The minimum Gasteiger partial charge on any atom is -0.495 e. The van der Waals surface area contributed by atoms with Crippen molar-refractivity contribution < 1.29 is 4.74 Å². The number of nitrogens with one attached hydrogen (secondary N) is 2. The number of hydrogen-bond donors (Lipinski definition) is 2. The molecule has 0 bridgehead atoms. The quantitative estimate of drug-likeness (QED) is 0.454. The van der Waals surface area contributed by atoms with Crippen LogP contribution in [0.4, 0.5) is 5.69 Å². The van der Waals surface area contributed by atoms with Gasteiger partial charge in [0.25, 0.3) is 0 Å². The molecule has 1 atom stereocenters. The number of aliphatic imine (C=N–C) groups is 1. The highest BCUT2D eigenvalue weighted by Crippen LogP contribution is 2.30. The van der Waals surface area contributed by atoms with E-state index >= 15 is 0 Å². The zero-order valence-corrected chi connectivity index (χ0v) is 15.2. The monoisotopic (exact) mass is 336 g/mol. The number of para-hydroxylation sites is 2. The van der Waals surface area contributed by atoms with Crippen LogP contribution in [0.1, 0.15) is 13.3 Å². The fraction of sp³-hybridized carbons (Fsp3) is 0.588. The molecule has 1 heterocycles. The third kappa shape index (κ3) is 5.23. The standard InChI is InChI=1S/C17H28N4OS/c1-4-18-17(19-10-12-23-3)20-14-9-11-21(13-14)15-7-5-6-8-16(15)22-2/h5-8,14H,4,9-13H2,1-3H3,(H2,18,19,20). The second kappa shape index (κ2) is 9.55. The van der Waals surface area contributed by atoms with Crippen molar-refractivity contribution in [1.29, 1.82) is 0 Å². The number of anilines is 1. The van der Waals surface area contributed by atoms with Gasteiger partial charge in [-0.2, -0.15) is 11.8 Å². The number of ether oxygens (including phenoxy) is 1. The van der Waals surface area contributed by atoms with Gasteiger partial charge in [-0.25, -0.2) is 0 Å². The molecule has 23 heavy (non-hydrogen) atoms. The van der Waals surface area contributed by atoms with Crippen molar-refractivity contribution in [1.82, 2.24) is 10.6 Å². The Morgan fingerprint density at radius 3 is 3.00 bits per heavy atom. The lowest BCUT2D eigenvalue weighted by Gasteiger charge is -2.22. The topological polar surface area (TPSA) is 48.9 Å². The number of benzene rings is 1. The zero-order valence-electron chi connectivity index (χ0n) is 14.3. The molecule has 0 aliphatic carbocycles. The SMILES string of the molecule is CCNC(=NCCSC)NC1CCN(c2ccccc2OC)C1. The van der Waals surface area contributed by atoms with E-state index in [1.165, 1.54) is 5.69 Å². The molecule has 1 aromatic rings. The van der Waals surface area contributed by atoms with Gasteiger partial charge in [-0.1, -0.05) is 12.1 Å². The summed E-state index contributed by atoms with van der Waals surface area (Å²) in [6.45, 7) is 5.82. The van der Waals surface area contributed by atoms with Crippen molar-refractivity contribution in [2.24, 2.45) is 4.99 Å². The molecule has 0 radical (unpaired) electrons. The first-order valence-corrected chi connectivity index (χ1v) is 9.59. The smallest absolute Gasteiger partial charge is 0.191 e. The predicted molar refractivity (Wildman–Crippen MR) is 101 cm³/mol. The second-order valence-corrected chi connectivity index (χ2v) is 6.49. The molecule has 128 valence electrons. The van der Waals surface area contributed by atoms with Gasteiger partial charge in [0.15, 0.2) is 5.96 Å². The average Bonchev–Trinajstić information content (AvgIpc) is 3.03. The number of hydrogen-bond acceptors (Lipinski definition) is 4. The normalized spacial score (nSPS) is 18.1. The van der Waals surface area contributed by atoms with Crippen LogP contribution >= 0.6 is 11.8 Å². The van der Waals surface area contributed by atoms with Crippen LogP contribution in [0.3, 0.4) is 0 Å². The van der Waals surface area contributed by atoms with Crippen LogP contribution in [0.2, 0.25) is 0 Å². The Morgan fingerprint density at radius 1 is 1.43 bits per heavy atom. The van der Waals surface area contributed by atoms with Crippen molar-refractivity contribution in [2.45, 2.75) is 19.4 Å². The molecule has 1 fully saturated rings. The maximum atomic E-state index is 5.48. The minimum atomic E-state index is 0.409. The lowest BCUT2D eigenvalue weighted by molar-refractivity contribution is 0.415. The highest BCUT2D eigenvalue weighted by Gasteiger charge is 2.25. The first-order valence-electron chi connectivity index (χ1n) is 8.20. The van der Waals surface area contributed by atoms with E-state index < -0.39 is 0 Å².